The van der Waals surface area contributed by atoms with Crippen LogP contribution in [0.15, 0.2) is 0 Å². The highest BCUT2D eigenvalue weighted by Gasteiger charge is 2.08. The van der Waals surface area contributed by atoms with Gasteiger partial charge in [-0.2, -0.15) is 12.0 Å². The highest BCUT2D eigenvalue weighted by Crippen LogP contribution is 2.15. The average Bonchev–Trinajstić information content (AvgIpc) is 2.60. The van der Waals surface area contributed by atoms with Gasteiger partial charge in [0.2, 0.25) is 0 Å². The second-order valence-electron chi connectivity index (χ2n) is 6.77. The second-order valence-corrected chi connectivity index (χ2v) is 9.11. The molecule has 0 aliphatic heterocycles. The van der Waals surface area contributed by atoms with E-state index >= 15 is 0 Å². The number of hydrogen-bond acceptors (Lipinski definition) is 5. The Bertz CT molecular complexity index is 358. The van der Waals surface area contributed by atoms with Crippen molar-refractivity contribution >= 4 is 22.4 Å². The fraction of sp³-hybridized carbons (Fsp3) is 1.00. The molecule has 0 saturated carbocycles. The molecule has 25 heavy (non-hydrogen) atoms. The predicted octanol–water partition coefficient (Wildman–Crippen LogP) is 6.80. The molecule has 6 heteroatoms. The summed E-state index contributed by atoms with van der Waals surface area (Å²) < 4.78 is 30.6. The third kappa shape index (κ3) is 20.4. The zero-order valence-corrected chi connectivity index (χ0v) is 18.1. The molecular formula is C19H40O4S2. The Kier molecular flexibility index (Phi) is 19.2. The van der Waals surface area contributed by atoms with E-state index in [-0.39, 0.29) is 0 Å². The van der Waals surface area contributed by atoms with E-state index in [4.69, 9.17) is 0 Å². The van der Waals surface area contributed by atoms with Crippen molar-refractivity contribution < 1.29 is 16.2 Å². The van der Waals surface area contributed by atoms with Crippen molar-refractivity contribution in [2.75, 3.05) is 12.9 Å². The van der Waals surface area contributed by atoms with Gasteiger partial charge in [0.15, 0.2) is 0 Å². The van der Waals surface area contributed by atoms with Crippen LogP contribution in [0.5, 0.6) is 0 Å². The highest BCUT2D eigenvalue weighted by molar-refractivity contribution is 8.02. The van der Waals surface area contributed by atoms with E-state index in [2.05, 4.69) is 14.7 Å². The molecule has 0 saturated heterocycles. The quantitative estimate of drug-likeness (QED) is 0.167. The van der Waals surface area contributed by atoms with Crippen molar-refractivity contribution in [3.63, 3.8) is 0 Å². The number of rotatable bonds is 20. The lowest BCUT2D eigenvalue weighted by atomic mass is 10.0. The van der Waals surface area contributed by atoms with Gasteiger partial charge in [0.25, 0.3) is 0 Å². The summed E-state index contributed by atoms with van der Waals surface area (Å²) >= 11 is 0.958. The Morgan fingerprint density at radius 2 is 1.00 bits per heavy atom. The minimum atomic E-state index is -3.78. The van der Waals surface area contributed by atoms with Crippen LogP contribution in [0.1, 0.15) is 110 Å². The monoisotopic (exact) mass is 396 g/mol. The lowest BCUT2D eigenvalue weighted by molar-refractivity contribution is 0.343. The first kappa shape index (κ1) is 25.2. The SMILES string of the molecule is CCCCCCCCCCCCCCCCCCSOS(=O)(=O)OC. The van der Waals surface area contributed by atoms with E-state index in [0.29, 0.717) is 5.75 Å². The fourth-order valence-electron chi connectivity index (χ4n) is 2.83. The van der Waals surface area contributed by atoms with Crippen LogP contribution in [0, 0.1) is 0 Å². The van der Waals surface area contributed by atoms with Crippen LogP contribution in [0.25, 0.3) is 0 Å². The minimum Gasteiger partial charge on any atom is -0.251 e. The minimum absolute atomic E-state index is 0.695. The predicted molar refractivity (Wildman–Crippen MR) is 109 cm³/mol. The van der Waals surface area contributed by atoms with Crippen LogP contribution >= 0.6 is 12.0 Å². The van der Waals surface area contributed by atoms with Crippen LogP contribution in [-0.4, -0.2) is 21.3 Å². The third-order valence-corrected chi connectivity index (χ3v) is 6.33. The van der Waals surface area contributed by atoms with E-state index in [1.807, 2.05) is 0 Å². The molecule has 0 bridgehead atoms. The number of hydrogen-bond donors (Lipinski definition) is 0. The van der Waals surface area contributed by atoms with Crippen molar-refractivity contribution in [3.8, 4) is 0 Å². The first-order valence-electron chi connectivity index (χ1n) is 10.2. The molecule has 0 unspecified atom stereocenters. The molecule has 0 aromatic rings. The Morgan fingerprint density at radius 1 is 0.640 bits per heavy atom. The molecular weight excluding hydrogens is 356 g/mol. The summed E-state index contributed by atoms with van der Waals surface area (Å²) in [4.78, 5) is 0. The zero-order valence-electron chi connectivity index (χ0n) is 16.5. The number of unbranched alkanes of at least 4 members (excludes halogenated alkanes) is 15. The first-order valence-corrected chi connectivity index (χ1v) is 12.5. The van der Waals surface area contributed by atoms with Crippen molar-refractivity contribution in [1.29, 1.82) is 0 Å². The molecule has 0 aliphatic carbocycles. The van der Waals surface area contributed by atoms with Crippen LogP contribution in [0.3, 0.4) is 0 Å². The lowest BCUT2D eigenvalue weighted by Crippen LogP contribution is -2.02. The Labute approximate surface area is 161 Å². The van der Waals surface area contributed by atoms with E-state index in [1.54, 1.807) is 0 Å². The smallest absolute Gasteiger partial charge is 0.251 e. The van der Waals surface area contributed by atoms with Crippen molar-refractivity contribution in [3.05, 3.63) is 0 Å². The van der Waals surface area contributed by atoms with Gasteiger partial charge in [-0.05, 0) is 6.42 Å². The Morgan fingerprint density at radius 3 is 1.36 bits per heavy atom. The summed E-state index contributed by atoms with van der Waals surface area (Å²) in [5.41, 5.74) is 0. The largest absolute Gasteiger partial charge is 0.410 e. The molecule has 0 fully saturated rings. The van der Waals surface area contributed by atoms with Crippen LogP contribution in [0.2, 0.25) is 0 Å². The summed E-state index contributed by atoms with van der Waals surface area (Å²) in [7, 11) is -2.68. The van der Waals surface area contributed by atoms with E-state index < -0.39 is 10.4 Å². The molecule has 0 aromatic heterocycles. The summed E-state index contributed by atoms with van der Waals surface area (Å²) in [5, 5.41) is 0. The van der Waals surface area contributed by atoms with E-state index in [9.17, 15) is 8.42 Å². The molecule has 0 rings (SSSR count). The fourth-order valence-corrected chi connectivity index (χ4v) is 4.12. The van der Waals surface area contributed by atoms with E-state index in [1.165, 1.54) is 89.9 Å². The zero-order chi connectivity index (χ0) is 18.6. The molecule has 0 amide bonds. The molecule has 152 valence electrons. The Hall–Kier alpha value is 0.220. The lowest BCUT2D eigenvalue weighted by Gasteiger charge is -2.04. The average molecular weight is 397 g/mol. The van der Waals surface area contributed by atoms with Crippen LogP contribution in [0.4, 0.5) is 0 Å². The van der Waals surface area contributed by atoms with Gasteiger partial charge in [-0.25, -0.2) is 0 Å². The first-order chi connectivity index (χ1) is 12.1. The molecule has 0 heterocycles. The molecule has 0 spiro atoms. The van der Waals surface area contributed by atoms with Gasteiger partial charge in [0.1, 0.15) is 0 Å². The van der Waals surface area contributed by atoms with Gasteiger partial charge < -0.3 is 0 Å². The van der Waals surface area contributed by atoms with Gasteiger partial charge in [-0.1, -0.05) is 103 Å². The summed E-state index contributed by atoms with van der Waals surface area (Å²) in [6, 6.07) is 0. The highest BCUT2D eigenvalue weighted by atomic mass is 32.3. The topological polar surface area (TPSA) is 52.6 Å². The molecule has 0 N–H and O–H groups in total. The molecule has 0 atom stereocenters. The standard InChI is InChI=1S/C19H40O4S2/c1-3-4-5-6-7-8-9-10-11-12-13-14-15-16-17-18-19-24-23-25(20,21)22-2/h3-19H2,1-2H3. The van der Waals surface area contributed by atoms with E-state index in [0.717, 1.165) is 32.0 Å². The van der Waals surface area contributed by atoms with Gasteiger partial charge in [0, 0.05) is 17.8 Å². The maximum atomic E-state index is 10.9. The summed E-state index contributed by atoms with van der Waals surface area (Å²) in [6.45, 7) is 2.27. The van der Waals surface area contributed by atoms with Gasteiger partial charge >= 0.3 is 10.4 Å². The van der Waals surface area contributed by atoms with Crippen LogP contribution in [-0.2, 0) is 18.2 Å². The Balaban J connectivity index is 3.07. The maximum Gasteiger partial charge on any atom is 0.410 e. The molecule has 0 aromatic carbocycles. The van der Waals surface area contributed by atoms with Crippen molar-refractivity contribution in [2.45, 2.75) is 110 Å². The van der Waals surface area contributed by atoms with Crippen LogP contribution < -0.4 is 0 Å². The third-order valence-electron chi connectivity index (χ3n) is 4.42. The van der Waals surface area contributed by atoms with Gasteiger partial charge in [-0.15, -0.1) is 0 Å². The normalized spacial score (nSPS) is 11.9. The summed E-state index contributed by atoms with van der Waals surface area (Å²) in [5.74, 6) is 0.695. The molecule has 0 radical (unpaired) electrons. The summed E-state index contributed by atoms with van der Waals surface area (Å²) in [6.07, 6.45) is 21.4. The van der Waals surface area contributed by atoms with Crippen molar-refractivity contribution in [2.24, 2.45) is 0 Å². The van der Waals surface area contributed by atoms with Gasteiger partial charge in [-0.3, -0.25) is 4.18 Å². The second kappa shape index (κ2) is 19.0. The molecule has 0 aliphatic rings. The van der Waals surface area contributed by atoms with Crippen molar-refractivity contribution in [1.82, 2.24) is 0 Å². The maximum absolute atomic E-state index is 10.9. The molecule has 4 nitrogen and oxygen atoms in total. The van der Waals surface area contributed by atoms with Gasteiger partial charge in [0.05, 0.1) is 7.11 Å².